The predicted molar refractivity (Wildman–Crippen MR) is 121 cm³/mol. The van der Waals surface area contributed by atoms with Gasteiger partial charge in [0.05, 0.1) is 27.7 Å². The van der Waals surface area contributed by atoms with Crippen molar-refractivity contribution in [1.29, 1.82) is 5.26 Å². The van der Waals surface area contributed by atoms with Crippen molar-refractivity contribution >= 4 is 28.2 Å². The van der Waals surface area contributed by atoms with Crippen LogP contribution in [0.3, 0.4) is 0 Å². The minimum atomic E-state index is -0.427. The molecule has 0 aliphatic rings. The smallest absolute Gasteiger partial charge is 0.260 e. The van der Waals surface area contributed by atoms with Crippen molar-refractivity contribution < 1.29 is 5.11 Å². The predicted octanol–water partition coefficient (Wildman–Crippen LogP) is 5.16. The molecule has 0 bridgehead atoms. The van der Waals surface area contributed by atoms with Gasteiger partial charge in [-0.05, 0) is 47.5 Å². The Kier molecular flexibility index (Phi) is 4.94. The first-order chi connectivity index (χ1) is 14.4. The third-order valence-corrected chi connectivity index (χ3v) is 5.38. The molecule has 0 fully saturated rings. The van der Waals surface area contributed by atoms with E-state index in [0.717, 1.165) is 16.8 Å². The lowest BCUT2D eigenvalue weighted by Gasteiger charge is -2.14. The number of aromatic nitrogens is 1. The van der Waals surface area contributed by atoms with E-state index in [0.29, 0.717) is 27.1 Å². The molecule has 6 heteroatoms. The van der Waals surface area contributed by atoms with Crippen LogP contribution >= 0.6 is 11.6 Å². The maximum absolute atomic E-state index is 12.6. The topological polar surface area (TPSA) is 80.1 Å². The number of aromatic hydroxyl groups is 1. The average molecular weight is 416 g/mol. The van der Waals surface area contributed by atoms with Crippen LogP contribution in [0.5, 0.6) is 5.75 Å². The highest BCUT2D eigenvalue weighted by atomic mass is 35.5. The largest absolute Gasteiger partial charge is 0.506 e. The molecular formula is C24H18ClN3O2. The quantitative estimate of drug-likeness (QED) is 0.484. The number of H-pyrrole nitrogens is 1. The molecular weight excluding hydrogens is 398 g/mol. The van der Waals surface area contributed by atoms with Gasteiger partial charge < -0.3 is 15.0 Å². The van der Waals surface area contributed by atoms with E-state index in [9.17, 15) is 9.90 Å². The number of hydrogen-bond donors (Lipinski definition) is 2. The first-order valence-electron chi connectivity index (χ1n) is 9.26. The van der Waals surface area contributed by atoms with E-state index < -0.39 is 5.56 Å². The second kappa shape index (κ2) is 7.58. The van der Waals surface area contributed by atoms with Gasteiger partial charge in [0.1, 0.15) is 5.75 Å². The van der Waals surface area contributed by atoms with E-state index in [4.69, 9.17) is 16.9 Å². The Balaban J connectivity index is 1.90. The standard InChI is InChI=1S/C24H18ClN3O2/c1-28(2)17-9-7-15(8-10-17)18-11-19-21(12-20(18)25)27-24(30)22(23(19)29)16-5-3-14(13-26)4-6-16/h3-12H,1-2H3,(H2,27,29,30). The van der Waals surface area contributed by atoms with Gasteiger partial charge in [0.15, 0.2) is 0 Å². The second-order valence-electron chi connectivity index (χ2n) is 7.19. The minimum absolute atomic E-state index is 0.124. The third-order valence-electron chi connectivity index (χ3n) is 5.07. The number of aromatic amines is 1. The van der Waals surface area contributed by atoms with Gasteiger partial charge in [-0.1, -0.05) is 35.9 Å². The van der Waals surface area contributed by atoms with E-state index in [1.807, 2.05) is 49.3 Å². The number of nitrogens with zero attached hydrogens (tertiary/aromatic N) is 2. The molecule has 0 saturated heterocycles. The molecule has 148 valence electrons. The van der Waals surface area contributed by atoms with Crippen LogP contribution in [0.25, 0.3) is 33.2 Å². The van der Waals surface area contributed by atoms with Crippen molar-refractivity contribution in [1.82, 2.24) is 4.98 Å². The van der Waals surface area contributed by atoms with Crippen LogP contribution in [-0.2, 0) is 0 Å². The molecule has 0 aliphatic carbocycles. The molecule has 5 nitrogen and oxygen atoms in total. The Morgan fingerprint density at radius 2 is 1.63 bits per heavy atom. The number of benzene rings is 3. The van der Waals surface area contributed by atoms with Crippen LogP contribution in [0.4, 0.5) is 5.69 Å². The molecule has 2 N–H and O–H groups in total. The summed E-state index contributed by atoms with van der Waals surface area (Å²) in [5.41, 5.74) is 3.90. The fraction of sp³-hybridized carbons (Fsp3) is 0.0833. The molecule has 0 unspecified atom stereocenters. The van der Waals surface area contributed by atoms with Crippen molar-refractivity contribution in [2.75, 3.05) is 19.0 Å². The van der Waals surface area contributed by atoms with Crippen molar-refractivity contribution in [3.63, 3.8) is 0 Å². The Morgan fingerprint density at radius 3 is 2.23 bits per heavy atom. The number of nitriles is 1. The van der Waals surface area contributed by atoms with Gasteiger partial charge in [-0.15, -0.1) is 0 Å². The van der Waals surface area contributed by atoms with Crippen molar-refractivity contribution in [2.45, 2.75) is 0 Å². The number of rotatable bonds is 3. The zero-order chi connectivity index (χ0) is 21.4. The number of nitrogens with one attached hydrogen (secondary N) is 1. The molecule has 30 heavy (non-hydrogen) atoms. The fourth-order valence-corrected chi connectivity index (χ4v) is 3.71. The maximum atomic E-state index is 12.6. The Morgan fingerprint density at radius 1 is 1.00 bits per heavy atom. The van der Waals surface area contributed by atoms with Crippen molar-refractivity contribution in [3.05, 3.63) is 81.6 Å². The monoisotopic (exact) mass is 415 g/mol. The Hall–Kier alpha value is -3.75. The maximum Gasteiger partial charge on any atom is 0.260 e. The van der Waals surface area contributed by atoms with Crippen LogP contribution in [0.15, 0.2) is 65.5 Å². The third kappa shape index (κ3) is 3.38. The van der Waals surface area contributed by atoms with Gasteiger partial charge in [0.2, 0.25) is 0 Å². The van der Waals surface area contributed by atoms with E-state index in [2.05, 4.69) is 4.98 Å². The highest BCUT2D eigenvalue weighted by Crippen LogP contribution is 2.38. The zero-order valence-corrected chi connectivity index (χ0v) is 17.2. The molecule has 3 aromatic carbocycles. The summed E-state index contributed by atoms with van der Waals surface area (Å²) in [5, 5.41) is 20.9. The Bertz CT molecular complexity index is 1350. The molecule has 0 atom stereocenters. The van der Waals surface area contributed by atoms with Gasteiger partial charge in [-0.3, -0.25) is 4.79 Å². The van der Waals surface area contributed by atoms with Crippen LogP contribution in [-0.4, -0.2) is 24.2 Å². The summed E-state index contributed by atoms with van der Waals surface area (Å²) in [7, 11) is 3.94. The van der Waals surface area contributed by atoms with Crippen LogP contribution in [0.2, 0.25) is 5.02 Å². The van der Waals surface area contributed by atoms with Crippen LogP contribution in [0.1, 0.15) is 5.56 Å². The number of fused-ring (bicyclic) bond motifs is 1. The van der Waals surface area contributed by atoms with Crippen molar-refractivity contribution in [2.24, 2.45) is 0 Å². The lowest BCUT2D eigenvalue weighted by Crippen LogP contribution is -2.09. The summed E-state index contributed by atoms with van der Waals surface area (Å²) in [6.45, 7) is 0. The minimum Gasteiger partial charge on any atom is -0.506 e. The summed E-state index contributed by atoms with van der Waals surface area (Å²) in [6, 6.07) is 19.9. The zero-order valence-electron chi connectivity index (χ0n) is 16.4. The molecule has 4 aromatic rings. The summed E-state index contributed by atoms with van der Waals surface area (Å²) in [6.07, 6.45) is 0. The summed E-state index contributed by atoms with van der Waals surface area (Å²) in [5.74, 6) is -0.124. The first-order valence-corrected chi connectivity index (χ1v) is 9.63. The van der Waals surface area contributed by atoms with Crippen LogP contribution in [0, 0.1) is 11.3 Å². The first kappa shape index (κ1) is 19.6. The molecule has 4 rings (SSSR count). The molecule has 0 amide bonds. The lowest BCUT2D eigenvalue weighted by molar-refractivity contribution is 0.482. The van der Waals surface area contributed by atoms with Crippen LogP contribution < -0.4 is 10.5 Å². The second-order valence-corrected chi connectivity index (χ2v) is 7.59. The van der Waals surface area contributed by atoms with Gasteiger partial charge in [-0.2, -0.15) is 5.26 Å². The summed E-state index contributed by atoms with van der Waals surface area (Å²) in [4.78, 5) is 17.5. The molecule has 0 radical (unpaired) electrons. The van der Waals surface area contributed by atoms with E-state index >= 15 is 0 Å². The molecule has 0 spiro atoms. The molecule has 1 aromatic heterocycles. The van der Waals surface area contributed by atoms with Gasteiger partial charge in [-0.25, -0.2) is 0 Å². The number of anilines is 1. The summed E-state index contributed by atoms with van der Waals surface area (Å²) >= 11 is 6.49. The SMILES string of the molecule is CN(C)c1ccc(-c2cc3c(O)c(-c4ccc(C#N)cc4)c(=O)[nH]c3cc2Cl)cc1. The number of hydrogen-bond acceptors (Lipinski definition) is 4. The molecule has 0 saturated carbocycles. The van der Waals surface area contributed by atoms with E-state index in [1.54, 1.807) is 36.4 Å². The summed E-state index contributed by atoms with van der Waals surface area (Å²) < 4.78 is 0. The van der Waals surface area contributed by atoms with E-state index in [-0.39, 0.29) is 11.3 Å². The number of halogens is 1. The Labute approximate surface area is 178 Å². The lowest BCUT2D eigenvalue weighted by atomic mass is 9.99. The van der Waals surface area contributed by atoms with Crippen molar-refractivity contribution in [3.8, 4) is 34.1 Å². The molecule has 0 aliphatic heterocycles. The number of pyridine rings is 1. The molecule has 1 heterocycles. The highest BCUT2D eigenvalue weighted by molar-refractivity contribution is 6.34. The van der Waals surface area contributed by atoms with E-state index in [1.165, 1.54) is 0 Å². The fourth-order valence-electron chi connectivity index (χ4n) is 3.44. The van der Waals surface area contributed by atoms with Gasteiger partial charge in [0, 0.05) is 30.7 Å². The van der Waals surface area contributed by atoms with Gasteiger partial charge >= 0.3 is 0 Å². The average Bonchev–Trinajstić information content (AvgIpc) is 2.74. The highest BCUT2D eigenvalue weighted by Gasteiger charge is 2.16. The normalized spacial score (nSPS) is 10.7. The van der Waals surface area contributed by atoms with Gasteiger partial charge in [0.25, 0.3) is 5.56 Å².